The van der Waals surface area contributed by atoms with Gasteiger partial charge in [-0.2, -0.15) is 0 Å². The third-order valence-electron chi connectivity index (χ3n) is 2.65. The van der Waals surface area contributed by atoms with E-state index in [1.54, 1.807) is 12.1 Å². The second kappa shape index (κ2) is 3.61. The molecule has 0 aliphatic heterocycles. The Morgan fingerprint density at radius 1 is 1.56 bits per heavy atom. The van der Waals surface area contributed by atoms with Gasteiger partial charge in [0.15, 0.2) is 0 Å². The van der Waals surface area contributed by atoms with Crippen molar-refractivity contribution in [3.05, 3.63) is 35.4 Å². The van der Waals surface area contributed by atoms with Crippen LogP contribution in [0.15, 0.2) is 18.3 Å². The molecular formula is C11H13N3O2. The van der Waals surface area contributed by atoms with Crippen LogP contribution in [-0.4, -0.2) is 20.5 Å². The standard InChI is InChI=1S/C11H13N3O2/c1-6-10-8(9(12)11(15)16)4-3-5-14(10)7(2)13-6/h3-5,9H,12H2,1-2H3,(H,15,16). The number of carboxylic acid groups (broad SMARTS) is 1. The number of imidazole rings is 1. The van der Waals surface area contributed by atoms with Gasteiger partial charge in [-0.05, 0) is 19.9 Å². The van der Waals surface area contributed by atoms with Crippen LogP contribution in [0.2, 0.25) is 0 Å². The number of pyridine rings is 1. The highest BCUT2D eigenvalue weighted by Gasteiger charge is 2.19. The van der Waals surface area contributed by atoms with Gasteiger partial charge in [0.2, 0.25) is 0 Å². The molecule has 0 radical (unpaired) electrons. The fraction of sp³-hybridized carbons (Fsp3) is 0.273. The summed E-state index contributed by atoms with van der Waals surface area (Å²) in [5.74, 6) is -0.210. The quantitative estimate of drug-likeness (QED) is 0.790. The van der Waals surface area contributed by atoms with Crippen molar-refractivity contribution in [2.75, 3.05) is 0 Å². The van der Waals surface area contributed by atoms with Crippen LogP contribution in [0.5, 0.6) is 0 Å². The second-order valence-corrected chi connectivity index (χ2v) is 3.74. The molecule has 1 atom stereocenters. The number of aryl methyl sites for hydroxylation is 2. The molecule has 16 heavy (non-hydrogen) atoms. The van der Waals surface area contributed by atoms with Gasteiger partial charge >= 0.3 is 5.97 Å². The van der Waals surface area contributed by atoms with Gasteiger partial charge in [0.25, 0.3) is 0 Å². The van der Waals surface area contributed by atoms with Gasteiger partial charge in [0.05, 0.1) is 11.2 Å². The minimum atomic E-state index is -1.04. The Balaban J connectivity index is 2.75. The summed E-state index contributed by atoms with van der Waals surface area (Å²) in [4.78, 5) is 15.2. The molecule has 2 heterocycles. The predicted octanol–water partition coefficient (Wildman–Crippen LogP) is 1.04. The first kappa shape index (κ1) is 10.6. The van der Waals surface area contributed by atoms with Gasteiger partial charge in [-0.3, -0.25) is 4.79 Å². The van der Waals surface area contributed by atoms with Crippen LogP contribution in [0.4, 0.5) is 0 Å². The third-order valence-corrected chi connectivity index (χ3v) is 2.65. The summed E-state index contributed by atoms with van der Waals surface area (Å²) in [6, 6.07) is 2.49. The highest BCUT2D eigenvalue weighted by molar-refractivity contribution is 5.79. The fourth-order valence-corrected chi connectivity index (χ4v) is 1.91. The van der Waals surface area contributed by atoms with Crippen molar-refractivity contribution >= 4 is 11.5 Å². The van der Waals surface area contributed by atoms with Gasteiger partial charge in [0.1, 0.15) is 11.9 Å². The van der Waals surface area contributed by atoms with Crippen molar-refractivity contribution in [3.8, 4) is 0 Å². The number of aromatic nitrogens is 2. The monoisotopic (exact) mass is 219 g/mol. The number of fused-ring (bicyclic) bond motifs is 1. The van der Waals surface area contributed by atoms with E-state index in [2.05, 4.69) is 4.98 Å². The number of aliphatic carboxylic acids is 1. The first-order valence-corrected chi connectivity index (χ1v) is 4.95. The Morgan fingerprint density at radius 2 is 2.25 bits per heavy atom. The lowest BCUT2D eigenvalue weighted by atomic mass is 10.1. The molecule has 84 valence electrons. The zero-order valence-corrected chi connectivity index (χ0v) is 9.14. The molecular weight excluding hydrogens is 206 g/mol. The van der Waals surface area contributed by atoms with E-state index in [0.717, 1.165) is 17.0 Å². The molecule has 0 spiro atoms. The summed E-state index contributed by atoms with van der Waals surface area (Å²) in [6.07, 6.45) is 1.85. The molecule has 0 bridgehead atoms. The van der Waals surface area contributed by atoms with Crippen molar-refractivity contribution < 1.29 is 9.90 Å². The number of nitrogens with zero attached hydrogens (tertiary/aromatic N) is 2. The Morgan fingerprint density at radius 3 is 2.88 bits per heavy atom. The number of hydrogen-bond donors (Lipinski definition) is 2. The van der Waals surface area contributed by atoms with Gasteiger partial charge in [-0.15, -0.1) is 0 Å². The zero-order valence-electron chi connectivity index (χ0n) is 9.14. The van der Waals surface area contributed by atoms with Crippen LogP contribution in [-0.2, 0) is 4.79 Å². The average molecular weight is 219 g/mol. The zero-order chi connectivity index (χ0) is 11.9. The molecule has 3 N–H and O–H groups in total. The Bertz CT molecular complexity index is 560. The summed E-state index contributed by atoms with van der Waals surface area (Å²) in [5.41, 5.74) is 7.82. The number of carbonyl (C=O) groups is 1. The minimum Gasteiger partial charge on any atom is -0.480 e. The maximum Gasteiger partial charge on any atom is 0.325 e. The second-order valence-electron chi connectivity index (χ2n) is 3.74. The molecule has 5 nitrogen and oxygen atoms in total. The molecule has 1 unspecified atom stereocenters. The summed E-state index contributed by atoms with van der Waals surface area (Å²) in [6.45, 7) is 3.72. The minimum absolute atomic E-state index is 0.591. The Hall–Kier alpha value is -1.88. The lowest BCUT2D eigenvalue weighted by Gasteiger charge is -2.09. The SMILES string of the molecule is Cc1nc(C)n2cccc(C(N)C(=O)O)c12. The van der Waals surface area contributed by atoms with Crippen molar-refractivity contribution in [3.63, 3.8) is 0 Å². The average Bonchev–Trinajstić information content (AvgIpc) is 2.54. The van der Waals surface area contributed by atoms with Crippen molar-refractivity contribution in [1.82, 2.24) is 9.38 Å². The highest BCUT2D eigenvalue weighted by atomic mass is 16.4. The van der Waals surface area contributed by atoms with E-state index in [0.29, 0.717) is 5.56 Å². The van der Waals surface area contributed by atoms with Crippen molar-refractivity contribution in [1.29, 1.82) is 0 Å². The topological polar surface area (TPSA) is 80.6 Å². The van der Waals surface area contributed by atoms with Crippen LogP contribution in [0.1, 0.15) is 23.1 Å². The Kier molecular flexibility index (Phi) is 2.40. The molecule has 0 aromatic carbocycles. The molecule has 0 saturated carbocycles. The number of rotatable bonds is 2. The van der Waals surface area contributed by atoms with Crippen molar-refractivity contribution in [2.24, 2.45) is 5.73 Å². The maximum absolute atomic E-state index is 10.9. The van der Waals surface area contributed by atoms with Crippen LogP contribution < -0.4 is 5.73 Å². The van der Waals surface area contributed by atoms with E-state index in [-0.39, 0.29) is 0 Å². The van der Waals surface area contributed by atoms with Gasteiger partial charge in [-0.25, -0.2) is 4.98 Å². The number of hydrogen-bond acceptors (Lipinski definition) is 3. The summed E-state index contributed by atoms with van der Waals surface area (Å²) in [5, 5.41) is 8.94. The predicted molar refractivity (Wildman–Crippen MR) is 59.2 cm³/mol. The van der Waals surface area contributed by atoms with E-state index in [1.165, 1.54) is 0 Å². The molecule has 0 aliphatic rings. The highest BCUT2D eigenvalue weighted by Crippen LogP contribution is 2.21. The van der Waals surface area contributed by atoms with Gasteiger partial charge in [-0.1, -0.05) is 6.07 Å². The van der Waals surface area contributed by atoms with Crippen molar-refractivity contribution in [2.45, 2.75) is 19.9 Å². The van der Waals surface area contributed by atoms with Crippen LogP contribution in [0.3, 0.4) is 0 Å². The van der Waals surface area contributed by atoms with E-state index in [1.807, 2.05) is 24.4 Å². The van der Waals surface area contributed by atoms with Gasteiger partial charge < -0.3 is 15.2 Å². The smallest absolute Gasteiger partial charge is 0.325 e. The largest absolute Gasteiger partial charge is 0.480 e. The van der Waals surface area contributed by atoms with Crippen LogP contribution in [0.25, 0.3) is 5.52 Å². The summed E-state index contributed by atoms with van der Waals surface area (Å²) < 4.78 is 1.85. The molecule has 5 heteroatoms. The molecule has 0 aliphatic carbocycles. The maximum atomic E-state index is 10.9. The van der Waals surface area contributed by atoms with Gasteiger partial charge in [0, 0.05) is 11.8 Å². The number of nitrogens with two attached hydrogens (primary N) is 1. The Labute approximate surface area is 92.5 Å². The fourth-order valence-electron chi connectivity index (χ4n) is 1.91. The third kappa shape index (κ3) is 1.45. The normalized spacial score (nSPS) is 12.9. The summed E-state index contributed by atoms with van der Waals surface area (Å²) in [7, 11) is 0. The first-order chi connectivity index (χ1) is 7.52. The van der Waals surface area contributed by atoms with E-state index >= 15 is 0 Å². The summed E-state index contributed by atoms with van der Waals surface area (Å²) >= 11 is 0. The number of carboxylic acids is 1. The molecule has 2 aromatic rings. The molecule has 2 aromatic heterocycles. The van der Waals surface area contributed by atoms with Crippen LogP contribution >= 0.6 is 0 Å². The van der Waals surface area contributed by atoms with Crippen LogP contribution in [0, 0.1) is 13.8 Å². The first-order valence-electron chi connectivity index (χ1n) is 4.95. The molecule has 0 fully saturated rings. The lowest BCUT2D eigenvalue weighted by molar-refractivity contribution is -0.138. The molecule has 0 amide bonds. The molecule has 0 saturated heterocycles. The van der Waals surface area contributed by atoms with E-state index in [9.17, 15) is 4.79 Å². The van der Waals surface area contributed by atoms with E-state index in [4.69, 9.17) is 10.8 Å². The lowest BCUT2D eigenvalue weighted by Crippen LogP contribution is -2.21. The molecule has 2 rings (SSSR count). The van der Waals surface area contributed by atoms with E-state index < -0.39 is 12.0 Å².